The minimum absolute atomic E-state index is 0.0704. The van der Waals surface area contributed by atoms with Crippen LogP contribution >= 0.6 is 11.8 Å². The Kier molecular flexibility index (Phi) is 7.36. The maximum atomic E-state index is 12.3. The maximum Gasteiger partial charge on any atom is 0.227 e. The predicted molar refractivity (Wildman–Crippen MR) is 141 cm³/mol. The lowest BCUT2D eigenvalue weighted by molar-refractivity contribution is -0.117. The van der Waals surface area contributed by atoms with E-state index in [-0.39, 0.29) is 11.8 Å². The minimum atomic E-state index is 0.0704. The zero-order chi connectivity index (χ0) is 24.0. The van der Waals surface area contributed by atoms with E-state index in [1.54, 1.807) is 0 Å². The molecule has 7 nitrogen and oxygen atoms in total. The first-order chi connectivity index (χ1) is 17.2. The summed E-state index contributed by atoms with van der Waals surface area (Å²) in [5.74, 6) is 5.45. The molecule has 1 aliphatic heterocycles. The average Bonchev–Trinajstić information content (AvgIpc) is 3.74. The van der Waals surface area contributed by atoms with Crippen molar-refractivity contribution in [1.82, 2.24) is 15.3 Å². The third-order valence-electron chi connectivity index (χ3n) is 6.24. The van der Waals surface area contributed by atoms with E-state index in [2.05, 4.69) is 26.9 Å². The topological polar surface area (TPSA) is 88.2 Å². The fourth-order valence-corrected chi connectivity index (χ4v) is 4.61. The van der Waals surface area contributed by atoms with E-state index < -0.39 is 0 Å². The van der Waals surface area contributed by atoms with E-state index in [4.69, 9.17) is 16.1 Å². The number of hydrogen-bond donors (Lipinski definition) is 3. The molecule has 2 aliphatic rings. The molecule has 0 bridgehead atoms. The van der Waals surface area contributed by atoms with Crippen LogP contribution in [-0.2, 0) is 4.79 Å². The summed E-state index contributed by atoms with van der Waals surface area (Å²) in [6.07, 6.45) is 9.67. The van der Waals surface area contributed by atoms with Crippen molar-refractivity contribution < 1.29 is 9.53 Å². The molecule has 0 spiro atoms. The molecular weight excluding hydrogens is 458 g/mol. The van der Waals surface area contributed by atoms with Crippen LogP contribution in [0.2, 0.25) is 0 Å². The normalized spacial score (nSPS) is 16.0. The Morgan fingerprint density at radius 2 is 1.86 bits per heavy atom. The Labute approximate surface area is 209 Å². The van der Waals surface area contributed by atoms with Gasteiger partial charge in [0.1, 0.15) is 11.6 Å². The lowest BCUT2D eigenvalue weighted by Gasteiger charge is -2.22. The zero-order valence-corrected chi connectivity index (χ0v) is 20.4. The molecular formula is C27H29N5O2S. The molecule has 8 heteroatoms. The lowest BCUT2D eigenvalue weighted by atomic mass is 9.99. The summed E-state index contributed by atoms with van der Waals surface area (Å²) in [4.78, 5) is 21.6. The molecule has 1 saturated heterocycles. The van der Waals surface area contributed by atoms with Crippen molar-refractivity contribution in [3.05, 3.63) is 42.5 Å². The molecule has 2 fully saturated rings. The Bertz CT molecular complexity index is 1230. The smallest absolute Gasteiger partial charge is 0.227 e. The third-order valence-corrected chi connectivity index (χ3v) is 6.99. The van der Waals surface area contributed by atoms with Gasteiger partial charge in [-0.3, -0.25) is 4.79 Å². The van der Waals surface area contributed by atoms with E-state index in [0.717, 1.165) is 73.4 Å². The van der Waals surface area contributed by atoms with Gasteiger partial charge in [-0.05, 0) is 87.2 Å². The average molecular weight is 488 g/mol. The van der Waals surface area contributed by atoms with Gasteiger partial charge in [0.05, 0.1) is 17.9 Å². The van der Waals surface area contributed by atoms with Gasteiger partial charge in [0.25, 0.3) is 0 Å². The van der Waals surface area contributed by atoms with Crippen molar-refractivity contribution in [3.63, 3.8) is 0 Å². The van der Waals surface area contributed by atoms with Crippen LogP contribution in [0.1, 0.15) is 25.7 Å². The molecule has 3 aromatic rings. The minimum Gasteiger partial charge on any atom is -0.493 e. The van der Waals surface area contributed by atoms with Gasteiger partial charge in [-0.2, -0.15) is 0 Å². The highest BCUT2D eigenvalue weighted by molar-refractivity contribution is 7.99. The number of anilines is 3. The van der Waals surface area contributed by atoms with Crippen molar-refractivity contribution in [2.24, 2.45) is 11.8 Å². The summed E-state index contributed by atoms with van der Waals surface area (Å²) < 4.78 is 6.02. The molecule has 1 saturated carbocycles. The molecule has 35 heavy (non-hydrogen) atoms. The van der Waals surface area contributed by atoms with Gasteiger partial charge in [0, 0.05) is 22.7 Å². The summed E-state index contributed by atoms with van der Waals surface area (Å²) in [7, 11) is 0. The van der Waals surface area contributed by atoms with Crippen molar-refractivity contribution in [2.75, 3.05) is 36.1 Å². The molecule has 2 aromatic carbocycles. The summed E-state index contributed by atoms with van der Waals surface area (Å²) in [5.41, 5.74) is 2.42. The second kappa shape index (κ2) is 11.0. The van der Waals surface area contributed by atoms with Crippen molar-refractivity contribution in [1.29, 1.82) is 0 Å². The van der Waals surface area contributed by atoms with Gasteiger partial charge in [0.15, 0.2) is 5.16 Å². The first-order valence-electron chi connectivity index (χ1n) is 12.1. The Morgan fingerprint density at radius 3 is 2.60 bits per heavy atom. The summed E-state index contributed by atoms with van der Waals surface area (Å²) in [5, 5.41) is 11.2. The second-order valence-corrected chi connectivity index (χ2v) is 9.94. The van der Waals surface area contributed by atoms with Gasteiger partial charge in [0.2, 0.25) is 5.91 Å². The van der Waals surface area contributed by atoms with Crippen LogP contribution in [-0.4, -0.2) is 41.3 Å². The fourth-order valence-electron chi connectivity index (χ4n) is 4.07. The van der Waals surface area contributed by atoms with Crippen LogP contribution in [0.15, 0.2) is 47.6 Å². The Morgan fingerprint density at radius 1 is 1.09 bits per heavy atom. The van der Waals surface area contributed by atoms with Gasteiger partial charge < -0.3 is 20.7 Å². The first kappa shape index (κ1) is 23.5. The number of carbonyl (C=O) groups is 1. The van der Waals surface area contributed by atoms with Crippen LogP contribution in [0.4, 0.5) is 17.2 Å². The molecule has 1 aromatic heterocycles. The number of ether oxygens (including phenoxy) is 1. The number of aromatic nitrogens is 2. The largest absolute Gasteiger partial charge is 0.493 e. The SMILES string of the molecule is C#CCSc1nc(Nc2ccc(OCC3CCNCC3)cc2)c2cc(NC(=O)C3CC3)ccc2n1. The van der Waals surface area contributed by atoms with Crippen molar-refractivity contribution >= 4 is 45.8 Å². The summed E-state index contributed by atoms with van der Waals surface area (Å²) in [6.45, 7) is 2.88. The van der Waals surface area contributed by atoms with Crippen molar-refractivity contribution in [2.45, 2.75) is 30.8 Å². The Balaban J connectivity index is 1.34. The number of carbonyl (C=O) groups excluding carboxylic acids is 1. The molecule has 1 aliphatic carbocycles. The van der Waals surface area contributed by atoms with E-state index in [1.165, 1.54) is 11.8 Å². The van der Waals surface area contributed by atoms with Gasteiger partial charge in [-0.15, -0.1) is 6.42 Å². The lowest BCUT2D eigenvalue weighted by Crippen LogP contribution is -2.30. The number of benzene rings is 2. The maximum absolute atomic E-state index is 12.3. The number of piperidine rings is 1. The molecule has 0 atom stereocenters. The monoisotopic (exact) mass is 487 g/mol. The van der Waals surface area contributed by atoms with Gasteiger partial charge in [-0.25, -0.2) is 9.97 Å². The molecule has 180 valence electrons. The van der Waals surface area contributed by atoms with E-state index in [1.807, 2.05) is 42.5 Å². The first-order valence-corrected chi connectivity index (χ1v) is 13.1. The number of thioether (sulfide) groups is 1. The van der Waals surface area contributed by atoms with Crippen LogP contribution < -0.4 is 20.7 Å². The number of hydrogen-bond acceptors (Lipinski definition) is 7. The number of rotatable bonds is 9. The Hall–Kier alpha value is -3.28. The van der Waals surface area contributed by atoms with E-state index in [9.17, 15) is 4.79 Å². The third kappa shape index (κ3) is 6.24. The quantitative estimate of drug-likeness (QED) is 0.226. The van der Waals surface area contributed by atoms with E-state index >= 15 is 0 Å². The standard InChI is InChI=1S/C27H29N5O2S/c1-2-15-35-27-31-24-10-7-21(30-26(33)19-3-4-19)16-23(24)25(32-27)29-20-5-8-22(9-6-20)34-17-18-11-13-28-14-12-18/h1,5-10,16,18-19,28H,3-4,11-15,17H2,(H,30,33)(H,29,31,32). The highest BCUT2D eigenvalue weighted by atomic mass is 32.2. The molecule has 1 amide bonds. The number of nitrogens with zero attached hydrogens (tertiary/aromatic N) is 2. The fraction of sp³-hybridized carbons (Fsp3) is 0.370. The summed E-state index contributed by atoms with van der Waals surface area (Å²) >= 11 is 1.42. The van der Waals surface area contributed by atoms with Crippen LogP contribution in [0.3, 0.4) is 0 Å². The van der Waals surface area contributed by atoms with Crippen LogP contribution in [0, 0.1) is 24.2 Å². The second-order valence-electron chi connectivity index (χ2n) is 9.00. The number of nitrogens with one attached hydrogen (secondary N) is 3. The highest BCUT2D eigenvalue weighted by Crippen LogP contribution is 2.32. The number of amides is 1. The number of terminal acetylenes is 1. The molecule has 0 radical (unpaired) electrons. The van der Waals surface area contributed by atoms with Crippen molar-refractivity contribution in [3.8, 4) is 18.1 Å². The zero-order valence-electron chi connectivity index (χ0n) is 19.5. The highest BCUT2D eigenvalue weighted by Gasteiger charge is 2.29. The van der Waals surface area contributed by atoms with Gasteiger partial charge in [-0.1, -0.05) is 17.7 Å². The molecule has 3 N–H and O–H groups in total. The van der Waals surface area contributed by atoms with Crippen LogP contribution in [0.5, 0.6) is 5.75 Å². The molecule has 5 rings (SSSR count). The van der Waals surface area contributed by atoms with Gasteiger partial charge >= 0.3 is 0 Å². The molecule has 2 heterocycles. The molecule has 0 unspecified atom stereocenters. The number of fused-ring (bicyclic) bond motifs is 1. The predicted octanol–water partition coefficient (Wildman–Crippen LogP) is 4.83. The van der Waals surface area contributed by atoms with E-state index in [0.29, 0.717) is 22.6 Å². The van der Waals surface area contributed by atoms with Crippen LogP contribution in [0.25, 0.3) is 10.9 Å². The summed E-state index contributed by atoms with van der Waals surface area (Å²) in [6, 6.07) is 13.6.